The predicted octanol–water partition coefficient (Wildman–Crippen LogP) is 2.53. The van der Waals surface area contributed by atoms with Crippen LogP contribution in [0.2, 0.25) is 0 Å². The lowest BCUT2D eigenvalue weighted by Gasteiger charge is -2.26. The maximum Gasteiger partial charge on any atom is 0.174 e. The maximum absolute atomic E-state index is 9.56. The molecule has 0 fully saturated rings. The van der Waals surface area contributed by atoms with Gasteiger partial charge in [-0.05, 0) is 19.9 Å². The van der Waals surface area contributed by atoms with Crippen LogP contribution in [0.5, 0.6) is 0 Å². The van der Waals surface area contributed by atoms with Crippen molar-refractivity contribution in [3.05, 3.63) is 11.6 Å². The molecule has 0 spiro atoms. The third-order valence-corrected chi connectivity index (χ3v) is 4.08. The number of benzene rings is 1. The monoisotopic (exact) mass is 422 g/mol. The van der Waals surface area contributed by atoms with Crippen molar-refractivity contribution < 1.29 is 0 Å². The van der Waals surface area contributed by atoms with Crippen molar-refractivity contribution in [3.8, 4) is 36.4 Å². The Morgan fingerprint density at radius 3 is 2.19 bits per heavy atom. The van der Waals surface area contributed by atoms with Gasteiger partial charge in [0.15, 0.2) is 11.6 Å². The fraction of sp³-hybridized carbons (Fsp3) is 0.200. The predicted molar refractivity (Wildman–Crippen MR) is 116 cm³/mol. The van der Waals surface area contributed by atoms with Gasteiger partial charge in [-0.3, -0.25) is 10.8 Å². The zero-order valence-corrected chi connectivity index (χ0v) is 16.9. The molecule has 32 heavy (non-hydrogen) atoms. The van der Waals surface area contributed by atoms with E-state index >= 15 is 0 Å². The van der Waals surface area contributed by atoms with E-state index < -0.39 is 23.0 Å². The summed E-state index contributed by atoms with van der Waals surface area (Å²) < 4.78 is 0. The molecule has 12 heteroatoms. The molecular formula is C20H14N12. The zero-order chi connectivity index (χ0) is 24.3. The van der Waals surface area contributed by atoms with Gasteiger partial charge in [-0.1, -0.05) is 0 Å². The van der Waals surface area contributed by atoms with Gasteiger partial charge in [-0.25, -0.2) is 9.98 Å². The molecule has 0 saturated carbocycles. The molecule has 1 rings (SSSR count). The second kappa shape index (κ2) is 10.8. The summed E-state index contributed by atoms with van der Waals surface area (Å²) in [7, 11) is 0. The van der Waals surface area contributed by atoms with Crippen molar-refractivity contribution in [3.63, 3.8) is 0 Å². The van der Waals surface area contributed by atoms with Crippen molar-refractivity contribution in [1.82, 2.24) is 0 Å². The first kappa shape index (κ1) is 24.5. The molecule has 1 aromatic rings. The van der Waals surface area contributed by atoms with Gasteiger partial charge in [0.25, 0.3) is 0 Å². The summed E-state index contributed by atoms with van der Waals surface area (Å²) in [4.78, 5) is 7.98. The highest BCUT2D eigenvalue weighted by Crippen LogP contribution is 2.42. The summed E-state index contributed by atoms with van der Waals surface area (Å²) in [5, 5.41) is 75.7. The topological polar surface area (TPSA) is 239 Å². The molecule has 0 radical (unpaired) electrons. The number of nitriles is 6. The van der Waals surface area contributed by atoms with E-state index in [0.717, 1.165) is 12.4 Å². The molecule has 12 nitrogen and oxygen atoms in total. The van der Waals surface area contributed by atoms with Gasteiger partial charge >= 0.3 is 0 Å². The second-order valence-electron chi connectivity index (χ2n) is 6.15. The van der Waals surface area contributed by atoms with Gasteiger partial charge in [0.05, 0.1) is 34.9 Å². The molecular weight excluding hydrogens is 408 g/mol. The highest BCUT2D eigenvalue weighted by Gasteiger charge is 2.32. The minimum atomic E-state index is -1.78. The smallest absolute Gasteiger partial charge is 0.174 e. The summed E-state index contributed by atoms with van der Waals surface area (Å²) in [6.45, 7) is 2.82. The Balaban J connectivity index is 3.94. The molecule has 0 aromatic heterocycles. The van der Waals surface area contributed by atoms with Gasteiger partial charge in [-0.2, -0.15) is 31.6 Å². The lowest BCUT2D eigenvalue weighted by Crippen LogP contribution is -2.41. The van der Waals surface area contributed by atoms with E-state index in [1.54, 1.807) is 30.3 Å². The Hall–Kier alpha value is -5.56. The normalized spacial score (nSPS) is 12.6. The van der Waals surface area contributed by atoms with Crippen LogP contribution in [-0.2, 0) is 0 Å². The van der Waals surface area contributed by atoms with Crippen LogP contribution >= 0.6 is 0 Å². The quantitative estimate of drug-likeness (QED) is 0.452. The number of hydrogen-bond donors (Lipinski definition) is 4. The molecule has 2 unspecified atom stereocenters. The lowest BCUT2D eigenvalue weighted by molar-refractivity contribution is 0.862. The van der Waals surface area contributed by atoms with E-state index in [2.05, 4.69) is 20.6 Å². The average molecular weight is 422 g/mol. The Morgan fingerprint density at radius 1 is 1.06 bits per heavy atom. The molecule has 0 bridgehead atoms. The minimum absolute atomic E-state index is 0.0820. The van der Waals surface area contributed by atoms with Crippen LogP contribution in [-0.4, -0.2) is 35.4 Å². The summed E-state index contributed by atoms with van der Waals surface area (Å²) in [5.74, 6) is 0. The van der Waals surface area contributed by atoms with Gasteiger partial charge in [-0.15, -0.1) is 0 Å². The second-order valence-corrected chi connectivity index (χ2v) is 6.15. The first-order chi connectivity index (χ1) is 15.2. The van der Waals surface area contributed by atoms with Crippen LogP contribution in [0.3, 0.4) is 0 Å². The fourth-order valence-corrected chi connectivity index (χ4v) is 2.43. The van der Waals surface area contributed by atoms with E-state index in [9.17, 15) is 10.5 Å². The maximum atomic E-state index is 9.56. The van der Waals surface area contributed by atoms with Gasteiger partial charge in [0, 0.05) is 5.56 Å². The van der Waals surface area contributed by atoms with E-state index in [1.165, 1.54) is 19.9 Å². The van der Waals surface area contributed by atoms with Crippen molar-refractivity contribution in [2.45, 2.75) is 25.4 Å². The van der Waals surface area contributed by atoms with Crippen molar-refractivity contribution in [2.24, 2.45) is 9.98 Å². The van der Waals surface area contributed by atoms with Gasteiger partial charge in [0.2, 0.25) is 0 Å². The minimum Gasteiger partial charge on any atom is -0.362 e. The Bertz CT molecular complexity index is 1260. The van der Waals surface area contributed by atoms with E-state index in [-0.39, 0.29) is 22.7 Å². The SMILES string of the molecule is Cc1c(N=CC#N)c(N=CC#N)cc(NC(C)(C#N)C(=N)C#N)c1NC(C#N)C(=N)C#N. The van der Waals surface area contributed by atoms with Crippen LogP contribution in [0.15, 0.2) is 16.1 Å². The van der Waals surface area contributed by atoms with Crippen molar-refractivity contribution in [2.75, 3.05) is 10.6 Å². The van der Waals surface area contributed by atoms with Crippen molar-refractivity contribution in [1.29, 1.82) is 42.4 Å². The van der Waals surface area contributed by atoms with Crippen LogP contribution in [0.1, 0.15) is 12.5 Å². The van der Waals surface area contributed by atoms with Crippen molar-refractivity contribution >= 4 is 46.6 Å². The molecule has 154 valence electrons. The Morgan fingerprint density at radius 2 is 1.69 bits per heavy atom. The summed E-state index contributed by atoms with van der Waals surface area (Å²) in [6, 6.07) is 10.2. The number of nitrogens with one attached hydrogen (secondary N) is 4. The number of aliphatic imine (C=N–C) groups is 2. The van der Waals surface area contributed by atoms with Crippen LogP contribution in [0.25, 0.3) is 0 Å². The number of rotatable bonds is 8. The molecule has 0 saturated heterocycles. The third-order valence-electron chi connectivity index (χ3n) is 4.08. The van der Waals surface area contributed by atoms with E-state index in [0.29, 0.717) is 5.56 Å². The average Bonchev–Trinajstić information content (AvgIpc) is 2.80. The summed E-state index contributed by atoms with van der Waals surface area (Å²) in [6.07, 6.45) is 1.84. The van der Waals surface area contributed by atoms with E-state index in [1.807, 2.05) is 6.07 Å². The first-order valence-corrected chi connectivity index (χ1v) is 8.58. The Kier molecular flexibility index (Phi) is 8.29. The Labute approximate surface area is 183 Å². The molecule has 0 aliphatic heterocycles. The molecule has 4 N–H and O–H groups in total. The molecule has 0 heterocycles. The summed E-state index contributed by atoms with van der Waals surface area (Å²) in [5.41, 5.74) is -2.23. The first-order valence-electron chi connectivity index (χ1n) is 8.58. The van der Waals surface area contributed by atoms with Crippen LogP contribution in [0.4, 0.5) is 22.7 Å². The largest absolute Gasteiger partial charge is 0.362 e. The lowest BCUT2D eigenvalue weighted by atomic mass is 9.96. The molecule has 0 amide bonds. The fourth-order valence-electron chi connectivity index (χ4n) is 2.43. The number of hydrogen-bond acceptors (Lipinski definition) is 12. The number of anilines is 2. The van der Waals surface area contributed by atoms with Gasteiger partial charge < -0.3 is 10.6 Å². The molecule has 2 atom stereocenters. The molecule has 1 aromatic carbocycles. The van der Waals surface area contributed by atoms with Gasteiger partial charge in [0.1, 0.15) is 48.1 Å². The molecule has 0 aliphatic carbocycles. The molecule has 0 aliphatic rings. The van der Waals surface area contributed by atoms with Crippen LogP contribution < -0.4 is 10.6 Å². The third kappa shape index (κ3) is 5.28. The van der Waals surface area contributed by atoms with E-state index in [4.69, 9.17) is 31.9 Å². The zero-order valence-electron chi connectivity index (χ0n) is 16.9. The standard InChI is InChI=1S/C20H14N12/c1-12-18(30-6-4-22)14(29-5-3-21)7-15(32-20(2,11-26)17(28)10-25)19(12)31-16(9-24)13(27)8-23/h5-7,16,27-28,31-32H,1-2H3. The highest BCUT2D eigenvalue weighted by molar-refractivity contribution is 6.08. The summed E-state index contributed by atoms with van der Waals surface area (Å²) >= 11 is 0. The van der Waals surface area contributed by atoms with Crippen LogP contribution in [0, 0.1) is 85.7 Å². The number of nitrogens with zero attached hydrogens (tertiary/aromatic N) is 8. The highest BCUT2D eigenvalue weighted by atomic mass is 15.0.